The van der Waals surface area contributed by atoms with Gasteiger partial charge < -0.3 is 5.73 Å². The van der Waals surface area contributed by atoms with Crippen molar-refractivity contribution >= 4 is 63.2 Å². The van der Waals surface area contributed by atoms with Gasteiger partial charge in [-0.2, -0.15) is 0 Å². The average molecular weight is 383 g/mol. The molecule has 0 aliphatic carbocycles. The summed E-state index contributed by atoms with van der Waals surface area (Å²) in [4.78, 5) is 14.1. The van der Waals surface area contributed by atoms with Crippen LogP contribution >= 0.6 is 47.3 Å². The third-order valence-electron chi connectivity index (χ3n) is 3.65. The van der Waals surface area contributed by atoms with E-state index < -0.39 is 0 Å². The van der Waals surface area contributed by atoms with Crippen LogP contribution in [0.2, 0.25) is 5.15 Å². The number of nitrogens with zero attached hydrogens (tertiary/aromatic N) is 3. The number of fused-ring (bicyclic) bond motifs is 1. The van der Waals surface area contributed by atoms with Gasteiger partial charge in [0.25, 0.3) is 0 Å². The molecule has 0 aromatic carbocycles. The zero-order chi connectivity index (χ0) is 16.7. The molecule has 4 nitrogen and oxygen atoms in total. The first-order chi connectivity index (χ1) is 10.9. The molecule has 0 saturated heterocycles. The van der Waals surface area contributed by atoms with Gasteiger partial charge in [-0.25, -0.2) is 15.0 Å². The number of hydrogen-bond donors (Lipinski definition) is 2. The molecule has 1 atom stereocenters. The van der Waals surface area contributed by atoms with E-state index in [-0.39, 0.29) is 5.92 Å². The predicted molar refractivity (Wildman–Crippen MR) is 102 cm³/mol. The van der Waals surface area contributed by atoms with Crippen LogP contribution < -0.4 is 5.73 Å². The molecule has 0 spiro atoms. The summed E-state index contributed by atoms with van der Waals surface area (Å²) in [5.74, 6) is 0.896. The SMILES string of the molecule is CSc1nc(C(C)c2cc3c(C)csc3c(Cl)n2)nc(N)c1S. The average Bonchev–Trinajstić information content (AvgIpc) is 2.91. The van der Waals surface area contributed by atoms with Gasteiger partial charge in [0.2, 0.25) is 0 Å². The number of aromatic nitrogens is 3. The quantitative estimate of drug-likeness (QED) is 0.295. The van der Waals surface area contributed by atoms with Gasteiger partial charge in [-0.1, -0.05) is 11.6 Å². The highest BCUT2D eigenvalue weighted by Gasteiger charge is 2.19. The zero-order valence-electron chi connectivity index (χ0n) is 12.8. The lowest BCUT2D eigenvalue weighted by atomic mass is 10.0. The highest BCUT2D eigenvalue weighted by molar-refractivity contribution is 7.99. The molecule has 120 valence electrons. The van der Waals surface area contributed by atoms with E-state index in [1.54, 1.807) is 11.3 Å². The summed E-state index contributed by atoms with van der Waals surface area (Å²) >= 11 is 13.8. The van der Waals surface area contributed by atoms with Crippen molar-refractivity contribution in [1.29, 1.82) is 0 Å². The van der Waals surface area contributed by atoms with Gasteiger partial charge in [-0.05, 0) is 37.1 Å². The molecule has 0 saturated carbocycles. The minimum Gasteiger partial charge on any atom is -0.383 e. The number of thioether (sulfide) groups is 1. The number of pyridine rings is 1. The van der Waals surface area contributed by atoms with Crippen LogP contribution in [0.25, 0.3) is 10.1 Å². The molecule has 1 unspecified atom stereocenters. The van der Waals surface area contributed by atoms with Gasteiger partial charge in [0.15, 0.2) is 0 Å². The molecule has 0 aliphatic heterocycles. The molecule has 3 aromatic heterocycles. The van der Waals surface area contributed by atoms with Gasteiger partial charge in [-0.15, -0.1) is 35.7 Å². The molecule has 0 radical (unpaired) electrons. The monoisotopic (exact) mass is 382 g/mol. The van der Waals surface area contributed by atoms with E-state index in [0.29, 0.717) is 21.7 Å². The van der Waals surface area contributed by atoms with Crippen LogP contribution in [-0.4, -0.2) is 21.2 Å². The molecule has 0 fully saturated rings. The van der Waals surface area contributed by atoms with E-state index >= 15 is 0 Å². The van der Waals surface area contributed by atoms with Crippen molar-refractivity contribution in [3.63, 3.8) is 0 Å². The van der Waals surface area contributed by atoms with Crippen molar-refractivity contribution in [2.75, 3.05) is 12.0 Å². The summed E-state index contributed by atoms with van der Waals surface area (Å²) in [5, 5.41) is 4.50. The van der Waals surface area contributed by atoms with Crippen molar-refractivity contribution in [2.24, 2.45) is 0 Å². The number of aryl methyl sites for hydroxylation is 1. The van der Waals surface area contributed by atoms with E-state index in [9.17, 15) is 0 Å². The van der Waals surface area contributed by atoms with Crippen molar-refractivity contribution < 1.29 is 0 Å². The van der Waals surface area contributed by atoms with Gasteiger partial charge in [0.05, 0.1) is 21.2 Å². The molecule has 0 aliphatic rings. The Morgan fingerprint density at radius 2 is 2.09 bits per heavy atom. The summed E-state index contributed by atoms with van der Waals surface area (Å²) in [6, 6.07) is 2.06. The smallest absolute Gasteiger partial charge is 0.147 e. The molecule has 23 heavy (non-hydrogen) atoms. The second-order valence-corrected chi connectivity index (χ2v) is 7.66. The van der Waals surface area contributed by atoms with Gasteiger partial charge >= 0.3 is 0 Å². The fourth-order valence-electron chi connectivity index (χ4n) is 2.29. The first-order valence-corrected chi connectivity index (χ1v) is 9.80. The largest absolute Gasteiger partial charge is 0.383 e. The fraction of sp³-hybridized carbons (Fsp3) is 0.267. The second-order valence-electron chi connectivity index (χ2n) is 5.18. The molecule has 2 N–H and O–H groups in total. The number of nitrogen functional groups attached to an aromatic ring is 1. The number of halogens is 1. The molecule has 8 heteroatoms. The molecule has 3 aromatic rings. The normalized spacial score (nSPS) is 12.7. The van der Waals surface area contributed by atoms with E-state index in [1.165, 1.54) is 17.3 Å². The Morgan fingerprint density at radius 3 is 2.78 bits per heavy atom. The van der Waals surface area contributed by atoms with E-state index in [4.69, 9.17) is 17.3 Å². The van der Waals surface area contributed by atoms with Gasteiger partial charge in [0, 0.05) is 5.39 Å². The number of hydrogen-bond acceptors (Lipinski definition) is 7. The number of rotatable bonds is 3. The maximum Gasteiger partial charge on any atom is 0.147 e. The van der Waals surface area contributed by atoms with Crippen molar-refractivity contribution in [2.45, 2.75) is 29.7 Å². The Labute approximate surface area is 153 Å². The highest BCUT2D eigenvalue weighted by Crippen LogP contribution is 2.35. The first kappa shape index (κ1) is 16.8. The maximum absolute atomic E-state index is 6.34. The van der Waals surface area contributed by atoms with Gasteiger partial charge in [-0.3, -0.25) is 0 Å². The maximum atomic E-state index is 6.34. The van der Waals surface area contributed by atoms with Crippen LogP contribution in [0.15, 0.2) is 21.4 Å². The lowest BCUT2D eigenvalue weighted by molar-refractivity contribution is 0.756. The minimum absolute atomic E-state index is 0.113. The van der Waals surface area contributed by atoms with Crippen LogP contribution in [0.4, 0.5) is 5.82 Å². The minimum atomic E-state index is -0.113. The first-order valence-electron chi connectivity index (χ1n) is 6.87. The topological polar surface area (TPSA) is 64.7 Å². The van der Waals surface area contributed by atoms with Crippen LogP contribution in [0.5, 0.6) is 0 Å². The van der Waals surface area contributed by atoms with Gasteiger partial charge in [0.1, 0.15) is 21.8 Å². The van der Waals surface area contributed by atoms with E-state index in [2.05, 4.69) is 46.0 Å². The number of nitrogens with two attached hydrogens (primary N) is 1. The van der Waals surface area contributed by atoms with E-state index in [0.717, 1.165) is 20.8 Å². The molecular formula is C15H15ClN4S3. The molecule has 0 amide bonds. The van der Waals surface area contributed by atoms with Crippen LogP contribution in [0.3, 0.4) is 0 Å². The van der Waals surface area contributed by atoms with Crippen molar-refractivity contribution in [3.05, 3.63) is 33.7 Å². The Balaban J connectivity index is 2.11. The summed E-state index contributed by atoms with van der Waals surface area (Å²) in [7, 11) is 0. The fourth-order valence-corrected chi connectivity index (χ4v) is 4.40. The summed E-state index contributed by atoms with van der Waals surface area (Å²) in [6.07, 6.45) is 1.94. The molecule has 3 heterocycles. The van der Waals surface area contributed by atoms with Crippen LogP contribution in [0, 0.1) is 6.92 Å². The third kappa shape index (κ3) is 3.03. The molecular weight excluding hydrogens is 368 g/mol. The lowest BCUT2D eigenvalue weighted by Gasteiger charge is -2.13. The number of anilines is 1. The summed E-state index contributed by atoms with van der Waals surface area (Å²) in [6.45, 7) is 4.07. The number of thiol groups is 1. The lowest BCUT2D eigenvalue weighted by Crippen LogP contribution is -2.08. The molecule has 3 rings (SSSR count). The highest BCUT2D eigenvalue weighted by atomic mass is 35.5. The Morgan fingerprint density at radius 1 is 1.35 bits per heavy atom. The van der Waals surface area contributed by atoms with E-state index in [1.807, 2.05) is 13.2 Å². The standard InChI is InChI=1S/C15H15ClN4S3/c1-6-5-23-11-8(6)4-9(18-12(11)16)7(2)14-19-13(17)10(21)15(20-14)22-3/h4-5,7,21H,1-3H3,(H2,17,19,20). The summed E-state index contributed by atoms with van der Waals surface area (Å²) < 4.78 is 1.01. The third-order valence-corrected chi connectivity index (χ3v) is 6.43. The predicted octanol–water partition coefficient (Wildman–Crippen LogP) is 4.79. The Bertz CT molecular complexity index is 894. The number of thiophene rings is 1. The van der Waals surface area contributed by atoms with Crippen molar-refractivity contribution in [1.82, 2.24) is 15.0 Å². The van der Waals surface area contributed by atoms with Crippen LogP contribution in [0.1, 0.15) is 29.9 Å². The van der Waals surface area contributed by atoms with Crippen LogP contribution in [-0.2, 0) is 0 Å². The molecule has 0 bridgehead atoms. The Hall–Kier alpha value is -1.02. The van der Waals surface area contributed by atoms with Crippen molar-refractivity contribution in [3.8, 4) is 0 Å². The zero-order valence-corrected chi connectivity index (χ0v) is 16.1. The summed E-state index contributed by atoms with van der Waals surface area (Å²) in [5.41, 5.74) is 7.98. The Kier molecular flexibility index (Phi) is 4.73. The second kappa shape index (κ2) is 6.47.